The summed E-state index contributed by atoms with van der Waals surface area (Å²) in [5, 5.41) is 12.1. The molecule has 2 fully saturated rings. The van der Waals surface area contributed by atoms with Gasteiger partial charge in [0, 0.05) is 18.3 Å². The molecule has 266 valence electrons. The van der Waals surface area contributed by atoms with E-state index >= 15 is 0 Å². The summed E-state index contributed by atoms with van der Waals surface area (Å²) >= 11 is 0. The van der Waals surface area contributed by atoms with Crippen molar-refractivity contribution < 1.29 is 24.2 Å². The van der Waals surface area contributed by atoms with E-state index < -0.39 is 12.0 Å². The predicted molar refractivity (Wildman–Crippen MR) is 189 cm³/mol. The van der Waals surface area contributed by atoms with Gasteiger partial charge in [-0.3, -0.25) is 19.6 Å². The summed E-state index contributed by atoms with van der Waals surface area (Å²) < 4.78 is 12.0. The van der Waals surface area contributed by atoms with Crippen LogP contribution in [-0.2, 0) is 25.7 Å². The van der Waals surface area contributed by atoms with Crippen LogP contribution in [0.1, 0.15) is 136 Å². The third-order valence-corrected chi connectivity index (χ3v) is 14.3. The van der Waals surface area contributed by atoms with Crippen molar-refractivity contribution in [3.8, 4) is 0 Å². The van der Waals surface area contributed by atoms with Crippen molar-refractivity contribution in [1.82, 2.24) is 9.97 Å². The molecule has 7 heteroatoms. The minimum Gasteiger partial charge on any atom is -0.462 e. The summed E-state index contributed by atoms with van der Waals surface area (Å²) in [6.07, 6.45) is 7.12. The summed E-state index contributed by atoms with van der Waals surface area (Å²) in [6, 6.07) is 0. The van der Waals surface area contributed by atoms with Crippen molar-refractivity contribution in [3.63, 3.8) is 0 Å². The van der Waals surface area contributed by atoms with Crippen LogP contribution >= 0.6 is 0 Å². The Morgan fingerprint density at radius 2 is 1.62 bits per heavy atom. The van der Waals surface area contributed by atoms with Crippen LogP contribution in [-0.4, -0.2) is 39.2 Å². The molecule has 0 amide bonds. The maximum Gasteiger partial charge on any atom is 0.309 e. The highest BCUT2D eigenvalue weighted by Gasteiger charge is 2.67. The first kappa shape index (κ1) is 36.7. The lowest BCUT2D eigenvalue weighted by Crippen LogP contribution is -2.56. The standard InChI is InChI=1S/C41H62N2O5/c1-23(2)24(3)13-14-29(37(46)47-22-32-27(6)42-25(4)26(5)43-32)36-33(45)21-41(12)31-15-16-34-38(8,9)35(48-28(7)44)18-19-39(34,10)30(31)17-20-40(36,41)11/h23,29,33-36,45H,3,13-22H2,1-2,4-12H3/t29?,33-,34?,35?,36?,39?,40?,41+/m1/s1. The molecular formula is C41H62N2O5. The van der Waals surface area contributed by atoms with Crippen molar-refractivity contribution in [2.24, 2.45) is 45.3 Å². The van der Waals surface area contributed by atoms with Gasteiger partial charge in [-0.25, -0.2) is 0 Å². The number of aliphatic hydroxyl groups excluding tert-OH is 1. The van der Waals surface area contributed by atoms with Crippen LogP contribution in [0.2, 0.25) is 0 Å². The van der Waals surface area contributed by atoms with Gasteiger partial charge in [0.25, 0.3) is 0 Å². The molecule has 1 aromatic rings. The molecule has 1 heterocycles. The van der Waals surface area contributed by atoms with Gasteiger partial charge in [0.05, 0.1) is 34.8 Å². The van der Waals surface area contributed by atoms with E-state index in [0.29, 0.717) is 30.4 Å². The first-order chi connectivity index (χ1) is 22.3. The molecule has 0 bridgehead atoms. The Labute approximate surface area is 289 Å². The second-order valence-electron chi connectivity index (χ2n) is 17.5. The maximum absolute atomic E-state index is 14.3. The van der Waals surface area contributed by atoms with Crippen molar-refractivity contribution in [2.45, 2.75) is 153 Å². The maximum atomic E-state index is 14.3. The Kier molecular flexibility index (Phi) is 9.93. The van der Waals surface area contributed by atoms with Gasteiger partial charge in [-0.1, -0.05) is 71.8 Å². The van der Waals surface area contributed by atoms with Crippen LogP contribution in [0.3, 0.4) is 0 Å². The second kappa shape index (κ2) is 13.0. The lowest BCUT2D eigenvalue weighted by molar-refractivity contribution is -0.167. The first-order valence-electron chi connectivity index (χ1n) is 18.5. The van der Waals surface area contributed by atoms with E-state index in [-0.39, 0.29) is 52.2 Å². The van der Waals surface area contributed by atoms with Gasteiger partial charge in [0.1, 0.15) is 12.7 Å². The van der Waals surface area contributed by atoms with Crippen LogP contribution in [0.15, 0.2) is 23.3 Å². The number of fused-ring (bicyclic) bond motifs is 4. The van der Waals surface area contributed by atoms with Gasteiger partial charge >= 0.3 is 11.9 Å². The molecule has 6 unspecified atom stereocenters. The fourth-order valence-electron chi connectivity index (χ4n) is 11.1. The zero-order valence-corrected chi connectivity index (χ0v) is 31.7. The smallest absolute Gasteiger partial charge is 0.309 e. The highest BCUT2D eigenvalue weighted by molar-refractivity contribution is 5.73. The highest BCUT2D eigenvalue weighted by atomic mass is 16.5. The number of nitrogens with zero attached hydrogens (tertiary/aromatic N) is 2. The topological polar surface area (TPSA) is 98.6 Å². The summed E-state index contributed by atoms with van der Waals surface area (Å²) in [6.45, 7) is 27.8. The van der Waals surface area contributed by atoms with Gasteiger partial charge in [-0.05, 0) is 107 Å². The number of aromatic nitrogens is 2. The lowest BCUT2D eigenvalue weighted by Gasteiger charge is -2.62. The highest BCUT2D eigenvalue weighted by Crippen LogP contribution is 2.72. The van der Waals surface area contributed by atoms with E-state index in [1.807, 2.05) is 20.8 Å². The van der Waals surface area contributed by atoms with E-state index in [4.69, 9.17) is 9.47 Å². The number of carbonyl (C=O) groups excluding carboxylic acids is 2. The van der Waals surface area contributed by atoms with Crippen LogP contribution < -0.4 is 0 Å². The fraction of sp³-hybridized carbons (Fsp3) is 0.756. The third-order valence-electron chi connectivity index (χ3n) is 14.3. The van der Waals surface area contributed by atoms with Crippen LogP contribution in [0.25, 0.3) is 0 Å². The number of aliphatic hydroxyl groups is 1. The number of allylic oxidation sites excluding steroid dienone is 3. The van der Waals surface area contributed by atoms with Crippen molar-refractivity contribution in [3.05, 3.63) is 46.1 Å². The molecule has 1 N–H and O–H groups in total. The molecule has 0 saturated heterocycles. The van der Waals surface area contributed by atoms with Gasteiger partial charge < -0.3 is 14.6 Å². The van der Waals surface area contributed by atoms with Crippen LogP contribution in [0, 0.1) is 66.1 Å². The average molecular weight is 663 g/mol. The summed E-state index contributed by atoms with van der Waals surface area (Å²) in [4.78, 5) is 35.6. The normalized spacial score (nSPS) is 34.6. The van der Waals surface area contributed by atoms with Crippen LogP contribution in [0.4, 0.5) is 0 Å². The lowest BCUT2D eigenvalue weighted by atomic mass is 9.43. The molecule has 4 aliphatic carbocycles. The Morgan fingerprint density at radius 1 is 0.958 bits per heavy atom. The fourth-order valence-corrected chi connectivity index (χ4v) is 11.1. The molecule has 48 heavy (non-hydrogen) atoms. The van der Waals surface area contributed by atoms with E-state index in [9.17, 15) is 14.7 Å². The van der Waals surface area contributed by atoms with Crippen molar-refractivity contribution in [1.29, 1.82) is 0 Å². The third kappa shape index (κ3) is 5.98. The number of ether oxygens (including phenoxy) is 2. The number of hydrogen-bond acceptors (Lipinski definition) is 7. The number of aryl methyl sites for hydroxylation is 3. The molecule has 0 aliphatic heterocycles. The number of hydrogen-bond donors (Lipinski definition) is 1. The molecule has 0 spiro atoms. The molecule has 7 nitrogen and oxygen atoms in total. The average Bonchev–Trinajstić information content (AvgIpc) is 3.20. The molecule has 0 aromatic carbocycles. The summed E-state index contributed by atoms with van der Waals surface area (Å²) in [5.41, 5.74) is 6.82. The zero-order valence-electron chi connectivity index (χ0n) is 31.7. The summed E-state index contributed by atoms with van der Waals surface area (Å²) in [5.74, 6) is -0.378. The molecule has 8 atom stereocenters. The van der Waals surface area contributed by atoms with Gasteiger partial charge in [0.2, 0.25) is 0 Å². The molecular weight excluding hydrogens is 600 g/mol. The zero-order chi connectivity index (χ0) is 35.6. The summed E-state index contributed by atoms with van der Waals surface area (Å²) in [7, 11) is 0. The first-order valence-corrected chi connectivity index (χ1v) is 18.5. The SMILES string of the molecule is C=C(CCC(C(=O)OCc1nc(C)c(C)nc1C)C1[C@H](O)C[C@@]2(C)C3=C(CCC12C)C1(C)CCC(OC(C)=O)C(C)(C)C1CC3)C(C)C. The van der Waals surface area contributed by atoms with E-state index in [1.54, 1.807) is 5.57 Å². The quantitative estimate of drug-likeness (QED) is 0.209. The van der Waals surface area contributed by atoms with Gasteiger partial charge in [0.15, 0.2) is 0 Å². The largest absolute Gasteiger partial charge is 0.462 e. The van der Waals surface area contributed by atoms with Crippen molar-refractivity contribution in [2.75, 3.05) is 0 Å². The Bertz CT molecular complexity index is 1490. The van der Waals surface area contributed by atoms with Crippen LogP contribution in [0.5, 0.6) is 0 Å². The molecule has 1 aromatic heterocycles. The number of esters is 2. The predicted octanol–water partition coefficient (Wildman–Crippen LogP) is 8.71. The Morgan fingerprint density at radius 3 is 2.27 bits per heavy atom. The van der Waals surface area contributed by atoms with Gasteiger partial charge in [-0.15, -0.1) is 0 Å². The molecule has 4 aliphatic rings. The van der Waals surface area contributed by atoms with Gasteiger partial charge in [-0.2, -0.15) is 0 Å². The monoisotopic (exact) mass is 662 g/mol. The van der Waals surface area contributed by atoms with E-state index in [1.165, 1.54) is 12.5 Å². The van der Waals surface area contributed by atoms with E-state index in [0.717, 1.165) is 67.6 Å². The Hall–Kier alpha value is -2.54. The number of carbonyl (C=O) groups is 2. The second-order valence-corrected chi connectivity index (χ2v) is 17.5. The number of rotatable bonds is 9. The van der Waals surface area contributed by atoms with Crippen molar-refractivity contribution >= 4 is 11.9 Å². The molecule has 5 rings (SSSR count). The Balaban J connectivity index is 1.47. The molecule has 0 radical (unpaired) electrons. The minimum absolute atomic E-state index is 0.0273. The molecule has 2 saturated carbocycles. The van der Waals surface area contributed by atoms with E-state index in [2.05, 4.69) is 65.0 Å². The minimum atomic E-state index is -0.610.